The highest BCUT2D eigenvalue weighted by atomic mass is 35.5. The summed E-state index contributed by atoms with van der Waals surface area (Å²) in [6.07, 6.45) is 1.36. The van der Waals surface area contributed by atoms with Gasteiger partial charge in [0, 0.05) is 5.02 Å². The van der Waals surface area contributed by atoms with Crippen LogP contribution in [0, 0.1) is 5.82 Å². The standard InChI is InChI=1S/C25H18ClFN2O5/c1-33-22-12-16(7-10-21(22)34-14-15-5-8-18(27)9-6-15)11-20-23(30)28-25(32)29(24(20)31)19-4-2-3-17(26)13-19/h2-13H,14H2,1H3,(H,28,30,32)/b20-11+. The zero-order valence-electron chi connectivity index (χ0n) is 17.9. The third-order valence-electron chi connectivity index (χ3n) is 4.97. The number of anilines is 1. The number of barbiturate groups is 1. The number of carbonyl (C=O) groups excluding carboxylic acids is 3. The normalized spacial score (nSPS) is 14.9. The highest BCUT2D eigenvalue weighted by Gasteiger charge is 2.36. The summed E-state index contributed by atoms with van der Waals surface area (Å²) in [4.78, 5) is 38.6. The summed E-state index contributed by atoms with van der Waals surface area (Å²) in [5.41, 5.74) is 1.24. The molecule has 1 N–H and O–H groups in total. The first-order chi connectivity index (χ1) is 16.4. The van der Waals surface area contributed by atoms with E-state index >= 15 is 0 Å². The molecule has 0 unspecified atom stereocenters. The highest BCUT2D eigenvalue weighted by Crippen LogP contribution is 2.31. The van der Waals surface area contributed by atoms with Crippen LogP contribution < -0.4 is 19.7 Å². The lowest BCUT2D eigenvalue weighted by atomic mass is 10.1. The second-order valence-corrected chi connectivity index (χ2v) is 7.70. The van der Waals surface area contributed by atoms with Gasteiger partial charge < -0.3 is 9.47 Å². The lowest BCUT2D eigenvalue weighted by molar-refractivity contribution is -0.122. The molecule has 0 bridgehead atoms. The number of nitrogens with zero attached hydrogens (tertiary/aromatic N) is 1. The van der Waals surface area contributed by atoms with E-state index in [1.54, 1.807) is 42.5 Å². The molecule has 0 spiro atoms. The quantitative estimate of drug-likeness (QED) is 0.407. The van der Waals surface area contributed by atoms with Crippen LogP contribution in [0.4, 0.5) is 14.9 Å². The van der Waals surface area contributed by atoms with Gasteiger partial charge in [0.05, 0.1) is 12.8 Å². The summed E-state index contributed by atoms with van der Waals surface area (Å²) in [5.74, 6) is -1.15. The van der Waals surface area contributed by atoms with Gasteiger partial charge in [-0.15, -0.1) is 0 Å². The van der Waals surface area contributed by atoms with E-state index in [1.165, 1.54) is 37.5 Å². The molecule has 1 fully saturated rings. The maximum Gasteiger partial charge on any atom is 0.335 e. The van der Waals surface area contributed by atoms with E-state index in [-0.39, 0.29) is 23.7 Å². The average Bonchev–Trinajstić information content (AvgIpc) is 2.81. The number of nitrogens with one attached hydrogen (secondary N) is 1. The number of benzene rings is 3. The number of hydrogen-bond donors (Lipinski definition) is 1. The molecule has 0 radical (unpaired) electrons. The van der Waals surface area contributed by atoms with E-state index in [2.05, 4.69) is 5.32 Å². The van der Waals surface area contributed by atoms with Gasteiger partial charge in [-0.25, -0.2) is 14.1 Å². The predicted octanol–water partition coefficient (Wildman–Crippen LogP) is 4.73. The summed E-state index contributed by atoms with van der Waals surface area (Å²) >= 11 is 5.98. The predicted molar refractivity (Wildman–Crippen MR) is 124 cm³/mol. The first-order valence-electron chi connectivity index (χ1n) is 10.1. The number of methoxy groups -OCH3 is 1. The smallest absolute Gasteiger partial charge is 0.335 e. The van der Waals surface area contributed by atoms with Crippen molar-refractivity contribution in [1.29, 1.82) is 0 Å². The number of imide groups is 2. The SMILES string of the molecule is COc1cc(/C=C2\C(=O)NC(=O)N(c3cccc(Cl)c3)C2=O)ccc1OCc1ccc(F)cc1. The van der Waals surface area contributed by atoms with E-state index in [4.69, 9.17) is 21.1 Å². The van der Waals surface area contributed by atoms with E-state index in [0.29, 0.717) is 22.1 Å². The van der Waals surface area contributed by atoms with Gasteiger partial charge in [-0.2, -0.15) is 0 Å². The summed E-state index contributed by atoms with van der Waals surface area (Å²) in [6, 6.07) is 16.1. The number of amides is 4. The molecule has 4 rings (SSSR count). The molecule has 0 aromatic heterocycles. The molecule has 9 heteroatoms. The van der Waals surface area contributed by atoms with Crippen LogP contribution in [0.25, 0.3) is 6.08 Å². The first-order valence-corrected chi connectivity index (χ1v) is 10.5. The van der Waals surface area contributed by atoms with E-state index in [0.717, 1.165) is 10.5 Å². The molecular weight excluding hydrogens is 463 g/mol. The van der Waals surface area contributed by atoms with Crippen LogP contribution in [-0.4, -0.2) is 25.0 Å². The van der Waals surface area contributed by atoms with Crippen molar-refractivity contribution >= 4 is 41.2 Å². The zero-order valence-corrected chi connectivity index (χ0v) is 18.6. The van der Waals surface area contributed by atoms with Crippen LogP contribution in [0.3, 0.4) is 0 Å². The minimum Gasteiger partial charge on any atom is -0.493 e. The van der Waals surface area contributed by atoms with Crippen LogP contribution >= 0.6 is 11.6 Å². The third kappa shape index (κ3) is 4.92. The molecule has 34 heavy (non-hydrogen) atoms. The van der Waals surface area contributed by atoms with Crippen LogP contribution in [0.15, 0.2) is 72.3 Å². The molecule has 0 atom stereocenters. The number of halogens is 2. The van der Waals surface area contributed by atoms with Crippen molar-refractivity contribution in [1.82, 2.24) is 5.32 Å². The van der Waals surface area contributed by atoms with Gasteiger partial charge in [-0.05, 0) is 59.7 Å². The average molecular weight is 481 g/mol. The number of urea groups is 1. The fourth-order valence-electron chi connectivity index (χ4n) is 3.31. The third-order valence-corrected chi connectivity index (χ3v) is 5.21. The molecule has 3 aromatic rings. The van der Waals surface area contributed by atoms with Crippen molar-refractivity contribution < 1.29 is 28.2 Å². The van der Waals surface area contributed by atoms with E-state index in [9.17, 15) is 18.8 Å². The molecule has 0 saturated carbocycles. The Balaban J connectivity index is 1.59. The Labute approximate surface area is 199 Å². The summed E-state index contributed by atoms with van der Waals surface area (Å²) in [5, 5.41) is 2.50. The molecule has 7 nitrogen and oxygen atoms in total. The molecule has 3 aromatic carbocycles. The molecule has 1 aliphatic rings. The van der Waals surface area contributed by atoms with Crippen molar-refractivity contribution in [2.75, 3.05) is 12.0 Å². The fraction of sp³-hybridized carbons (Fsp3) is 0.0800. The molecule has 1 heterocycles. The summed E-state index contributed by atoms with van der Waals surface area (Å²) in [7, 11) is 1.45. The van der Waals surface area contributed by atoms with Gasteiger partial charge in [-0.3, -0.25) is 14.9 Å². The molecular formula is C25H18ClFN2O5. The number of hydrogen-bond acceptors (Lipinski definition) is 5. The van der Waals surface area contributed by atoms with Gasteiger partial charge in [0.15, 0.2) is 11.5 Å². The molecule has 0 aliphatic carbocycles. The van der Waals surface area contributed by atoms with E-state index < -0.39 is 17.8 Å². The zero-order chi connectivity index (χ0) is 24.2. The lowest BCUT2D eigenvalue weighted by Gasteiger charge is -2.26. The molecule has 4 amide bonds. The Hall–Kier alpha value is -4.17. The monoisotopic (exact) mass is 480 g/mol. The lowest BCUT2D eigenvalue weighted by Crippen LogP contribution is -2.54. The minimum atomic E-state index is -0.864. The van der Waals surface area contributed by atoms with Gasteiger partial charge in [0.2, 0.25) is 0 Å². The van der Waals surface area contributed by atoms with Gasteiger partial charge >= 0.3 is 6.03 Å². The Morgan fingerprint density at radius 2 is 1.76 bits per heavy atom. The highest BCUT2D eigenvalue weighted by molar-refractivity contribution is 6.39. The first kappa shape index (κ1) is 23.0. The maximum absolute atomic E-state index is 13.1. The second kappa shape index (κ2) is 9.76. The van der Waals surface area contributed by atoms with Gasteiger partial charge in [0.1, 0.15) is 18.0 Å². The van der Waals surface area contributed by atoms with Crippen molar-refractivity contribution in [3.8, 4) is 11.5 Å². The van der Waals surface area contributed by atoms with Crippen molar-refractivity contribution in [2.45, 2.75) is 6.61 Å². The minimum absolute atomic E-state index is 0.189. The number of carbonyl (C=O) groups is 3. The largest absolute Gasteiger partial charge is 0.493 e. The molecule has 172 valence electrons. The molecule has 1 saturated heterocycles. The van der Waals surface area contributed by atoms with Crippen LogP contribution in [0.2, 0.25) is 5.02 Å². The number of ether oxygens (including phenoxy) is 2. The van der Waals surface area contributed by atoms with Crippen LogP contribution in [0.1, 0.15) is 11.1 Å². The van der Waals surface area contributed by atoms with Crippen LogP contribution in [-0.2, 0) is 16.2 Å². The van der Waals surface area contributed by atoms with Crippen LogP contribution in [0.5, 0.6) is 11.5 Å². The van der Waals surface area contributed by atoms with Crippen molar-refractivity contribution in [2.24, 2.45) is 0 Å². The molecule has 1 aliphatic heterocycles. The Morgan fingerprint density at radius 1 is 1.00 bits per heavy atom. The van der Waals surface area contributed by atoms with Crippen molar-refractivity contribution in [3.05, 3.63) is 94.3 Å². The summed E-state index contributed by atoms with van der Waals surface area (Å²) < 4.78 is 24.2. The van der Waals surface area contributed by atoms with Gasteiger partial charge in [0.25, 0.3) is 11.8 Å². The fourth-order valence-corrected chi connectivity index (χ4v) is 3.49. The summed E-state index contributed by atoms with van der Waals surface area (Å²) in [6.45, 7) is 0.189. The second-order valence-electron chi connectivity index (χ2n) is 7.26. The van der Waals surface area contributed by atoms with Gasteiger partial charge in [-0.1, -0.05) is 35.9 Å². The van der Waals surface area contributed by atoms with E-state index in [1.807, 2.05) is 0 Å². The maximum atomic E-state index is 13.1. The Bertz CT molecular complexity index is 1310. The topological polar surface area (TPSA) is 84.9 Å². The van der Waals surface area contributed by atoms with Crippen molar-refractivity contribution in [3.63, 3.8) is 0 Å². The Morgan fingerprint density at radius 3 is 2.47 bits per heavy atom. The Kier molecular flexibility index (Phi) is 6.60. The number of rotatable bonds is 6.